The minimum Gasteiger partial charge on any atom is -0.373 e. The Labute approximate surface area is 131 Å². The van der Waals surface area contributed by atoms with E-state index in [1.165, 1.54) is 22.4 Å². The van der Waals surface area contributed by atoms with Crippen LogP contribution in [0.4, 0.5) is 5.82 Å². The van der Waals surface area contributed by atoms with Gasteiger partial charge in [0.05, 0.1) is 5.69 Å². The standard InChI is InChI=1S/C15H16BrN3S/c1-8-4-10(5-9(2)13(8)16)14-18-12-7-20-6-11(12)15(17-3)19-14/h4-5H,6-7H2,1-3H3,(H,17,18,19). The molecule has 0 radical (unpaired) electrons. The lowest BCUT2D eigenvalue weighted by Gasteiger charge is -2.11. The number of nitrogens with one attached hydrogen (secondary N) is 1. The highest BCUT2D eigenvalue weighted by Gasteiger charge is 2.20. The molecule has 0 fully saturated rings. The maximum atomic E-state index is 4.76. The Bertz CT molecular complexity index is 662. The summed E-state index contributed by atoms with van der Waals surface area (Å²) >= 11 is 5.50. The molecule has 1 aromatic heterocycles. The minimum absolute atomic E-state index is 0.814. The molecule has 0 bridgehead atoms. The van der Waals surface area contributed by atoms with E-state index in [1.54, 1.807) is 0 Å². The van der Waals surface area contributed by atoms with Gasteiger partial charge in [0.1, 0.15) is 5.82 Å². The topological polar surface area (TPSA) is 37.8 Å². The third kappa shape index (κ3) is 2.33. The van der Waals surface area contributed by atoms with Gasteiger partial charge in [0, 0.05) is 34.2 Å². The summed E-state index contributed by atoms with van der Waals surface area (Å²) in [5.74, 6) is 3.76. The van der Waals surface area contributed by atoms with Gasteiger partial charge in [-0.2, -0.15) is 11.8 Å². The fraction of sp³-hybridized carbons (Fsp3) is 0.333. The van der Waals surface area contributed by atoms with Crippen molar-refractivity contribution in [3.8, 4) is 11.4 Å². The third-order valence-corrected chi connectivity index (χ3v) is 5.73. The van der Waals surface area contributed by atoms with Gasteiger partial charge in [0.25, 0.3) is 0 Å². The number of aromatic nitrogens is 2. The number of fused-ring (bicyclic) bond motifs is 1. The fourth-order valence-electron chi connectivity index (χ4n) is 2.46. The molecule has 0 unspecified atom stereocenters. The van der Waals surface area contributed by atoms with Gasteiger partial charge < -0.3 is 5.32 Å². The minimum atomic E-state index is 0.814. The maximum absolute atomic E-state index is 4.76. The van der Waals surface area contributed by atoms with Crippen LogP contribution in [0.25, 0.3) is 11.4 Å². The molecule has 3 nitrogen and oxygen atoms in total. The number of thioether (sulfide) groups is 1. The van der Waals surface area contributed by atoms with E-state index in [2.05, 4.69) is 47.2 Å². The summed E-state index contributed by atoms with van der Waals surface area (Å²) in [6, 6.07) is 4.28. The number of nitrogens with zero attached hydrogens (tertiary/aromatic N) is 2. The van der Waals surface area contributed by atoms with E-state index >= 15 is 0 Å². The SMILES string of the molecule is CNc1nc(-c2cc(C)c(Br)c(C)c2)nc2c1CSC2. The van der Waals surface area contributed by atoms with Crippen molar-refractivity contribution < 1.29 is 0 Å². The molecule has 0 atom stereocenters. The normalized spacial score (nSPS) is 13.4. The van der Waals surface area contributed by atoms with Crippen LogP contribution in [0.1, 0.15) is 22.4 Å². The van der Waals surface area contributed by atoms with E-state index in [4.69, 9.17) is 9.97 Å². The second-order valence-corrected chi connectivity index (χ2v) is 6.77. The van der Waals surface area contributed by atoms with Crippen molar-refractivity contribution in [2.75, 3.05) is 12.4 Å². The molecular weight excluding hydrogens is 334 g/mol. The molecule has 0 amide bonds. The highest BCUT2D eigenvalue weighted by Crippen LogP contribution is 2.35. The predicted octanol–water partition coefficient (Wildman–Crippen LogP) is 4.31. The predicted molar refractivity (Wildman–Crippen MR) is 89.2 cm³/mol. The lowest BCUT2D eigenvalue weighted by atomic mass is 10.1. The van der Waals surface area contributed by atoms with E-state index in [9.17, 15) is 0 Å². The van der Waals surface area contributed by atoms with Crippen LogP contribution in [0.2, 0.25) is 0 Å². The van der Waals surface area contributed by atoms with Crippen LogP contribution in [-0.2, 0) is 11.5 Å². The first kappa shape index (κ1) is 13.9. The zero-order chi connectivity index (χ0) is 14.3. The van der Waals surface area contributed by atoms with Crippen LogP contribution in [-0.4, -0.2) is 17.0 Å². The molecule has 1 aliphatic heterocycles. The number of hydrogen-bond donors (Lipinski definition) is 1. The summed E-state index contributed by atoms with van der Waals surface area (Å²) < 4.78 is 1.16. The van der Waals surface area contributed by atoms with Crippen molar-refractivity contribution >= 4 is 33.5 Å². The Morgan fingerprint density at radius 2 is 1.85 bits per heavy atom. The summed E-state index contributed by atoms with van der Waals surface area (Å²) in [6.45, 7) is 4.20. The lowest BCUT2D eigenvalue weighted by molar-refractivity contribution is 1.07. The first-order valence-electron chi connectivity index (χ1n) is 6.52. The highest BCUT2D eigenvalue weighted by atomic mass is 79.9. The van der Waals surface area contributed by atoms with Gasteiger partial charge in [-0.25, -0.2) is 9.97 Å². The molecule has 0 saturated carbocycles. The first-order chi connectivity index (χ1) is 9.60. The van der Waals surface area contributed by atoms with Gasteiger partial charge in [-0.3, -0.25) is 0 Å². The first-order valence-corrected chi connectivity index (χ1v) is 8.47. The molecule has 1 aliphatic rings. The van der Waals surface area contributed by atoms with Crippen molar-refractivity contribution in [3.63, 3.8) is 0 Å². The molecule has 104 valence electrons. The van der Waals surface area contributed by atoms with Crippen LogP contribution in [0.3, 0.4) is 0 Å². The van der Waals surface area contributed by atoms with Gasteiger partial charge in [-0.15, -0.1) is 0 Å². The molecule has 0 saturated heterocycles. The van der Waals surface area contributed by atoms with Gasteiger partial charge in [0.15, 0.2) is 5.82 Å². The van der Waals surface area contributed by atoms with Crippen LogP contribution >= 0.6 is 27.7 Å². The number of aryl methyl sites for hydroxylation is 2. The Morgan fingerprint density at radius 3 is 2.50 bits per heavy atom. The van der Waals surface area contributed by atoms with Gasteiger partial charge in [-0.05, 0) is 37.1 Å². The summed E-state index contributed by atoms with van der Waals surface area (Å²) in [4.78, 5) is 9.45. The molecule has 5 heteroatoms. The average Bonchev–Trinajstić information content (AvgIpc) is 2.91. The summed E-state index contributed by atoms with van der Waals surface area (Å²) in [7, 11) is 1.92. The van der Waals surface area contributed by atoms with Crippen molar-refractivity contribution in [2.24, 2.45) is 0 Å². The van der Waals surface area contributed by atoms with E-state index in [-0.39, 0.29) is 0 Å². The molecule has 1 N–H and O–H groups in total. The van der Waals surface area contributed by atoms with Crippen LogP contribution < -0.4 is 5.32 Å². The van der Waals surface area contributed by atoms with Crippen molar-refractivity contribution in [3.05, 3.63) is 39.0 Å². The van der Waals surface area contributed by atoms with E-state index < -0.39 is 0 Å². The molecular formula is C15H16BrN3S. The molecule has 3 rings (SSSR count). The molecule has 0 spiro atoms. The smallest absolute Gasteiger partial charge is 0.161 e. The van der Waals surface area contributed by atoms with Crippen molar-refractivity contribution in [1.29, 1.82) is 0 Å². The molecule has 2 heterocycles. The van der Waals surface area contributed by atoms with E-state index in [0.29, 0.717) is 0 Å². The maximum Gasteiger partial charge on any atom is 0.161 e. The van der Waals surface area contributed by atoms with Crippen molar-refractivity contribution in [2.45, 2.75) is 25.4 Å². The Kier molecular flexibility index (Phi) is 3.73. The average molecular weight is 350 g/mol. The van der Waals surface area contributed by atoms with Gasteiger partial charge >= 0.3 is 0 Å². The Hall–Kier alpha value is -1.07. The second kappa shape index (κ2) is 5.37. The number of benzene rings is 1. The lowest BCUT2D eigenvalue weighted by Crippen LogP contribution is -2.03. The molecule has 2 aromatic rings. The van der Waals surface area contributed by atoms with Gasteiger partial charge in [-0.1, -0.05) is 15.9 Å². The summed E-state index contributed by atoms with van der Waals surface area (Å²) in [5.41, 5.74) is 5.93. The second-order valence-electron chi connectivity index (χ2n) is 4.99. The third-order valence-electron chi connectivity index (χ3n) is 3.51. The Morgan fingerprint density at radius 1 is 1.15 bits per heavy atom. The number of anilines is 1. The van der Waals surface area contributed by atoms with Crippen LogP contribution in [0, 0.1) is 13.8 Å². The van der Waals surface area contributed by atoms with Crippen LogP contribution in [0.5, 0.6) is 0 Å². The van der Waals surface area contributed by atoms with E-state index in [1.807, 2.05) is 18.8 Å². The number of rotatable bonds is 2. The number of halogens is 1. The summed E-state index contributed by atoms with van der Waals surface area (Å²) in [6.07, 6.45) is 0. The molecule has 0 aliphatic carbocycles. The molecule has 1 aromatic carbocycles. The quantitative estimate of drug-likeness (QED) is 0.876. The Balaban J connectivity index is 2.16. The van der Waals surface area contributed by atoms with Crippen molar-refractivity contribution in [1.82, 2.24) is 9.97 Å². The largest absolute Gasteiger partial charge is 0.373 e. The van der Waals surface area contributed by atoms with Crippen LogP contribution in [0.15, 0.2) is 16.6 Å². The molecule has 20 heavy (non-hydrogen) atoms. The monoisotopic (exact) mass is 349 g/mol. The number of hydrogen-bond acceptors (Lipinski definition) is 4. The zero-order valence-corrected chi connectivity index (χ0v) is 14.2. The summed E-state index contributed by atoms with van der Waals surface area (Å²) in [5, 5.41) is 3.20. The zero-order valence-electron chi connectivity index (χ0n) is 11.7. The van der Waals surface area contributed by atoms with E-state index in [0.717, 1.165) is 33.2 Å². The highest BCUT2D eigenvalue weighted by molar-refractivity contribution is 9.10. The van der Waals surface area contributed by atoms with Gasteiger partial charge in [0.2, 0.25) is 0 Å². The fourth-order valence-corrected chi connectivity index (χ4v) is 3.73.